The molecular formula is C17H22N4O3S. The van der Waals surface area contributed by atoms with Gasteiger partial charge in [-0.25, -0.2) is 13.1 Å². The molecule has 1 amide bonds. The first kappa shape index (κ1) is 17.6. The van der Waals surface area contributed by atoms with Crippen LogP contribution in [0, 0.1) is 6.92 Å². The number of nitrogens with one attached hydrogen (secondary N) is 2. The van der Waals surface area contributed by atoms with Crippen molar-refractivity contribution in [3.63, 3.8) is 0 Å². The van der Waals surface area contributed by atoms with E-state index in [0.717, 1.165) is 31.4 Å². The summed E-state index contributed by atoms with van der Waals surface area (Å²) in [5.41, 5.74) is 1.07. The van der Waals surface area contributed by atoms with Crippen LogP contribution in [0.1, 0.15) is 41.7 Å². The quantitative estimate of drug-likeness (QED) is 0.853. The van der Waals surface area contributed by atoms with Crippen LogP contribution < -0.4 is 10.0 Å². The van der Waals surface area contributed by atoms with Gasteiger partial charge in [-0.2, -0.15) is 5.10 Å². The van der Waals surface area contributed by atoms with Crippen LogP contribution >= 0.6 is 0 Å². The van der Waals surface area contributed by atoms with Crippen molar-refractivity contribution >= 4 is 21.7 Å². The molecule has 1 aromatic heterocycles. The number of carbonyl (C=O) groups is 1. The van der Waals surface area contributed by atoms with E-state index in [0.29, 0.717) is 5.82 Å². The molecule has 7 nitrogen and oxygen atoms in total. The molecule has 0 aliphatic heterocycles. The molecule has 1 aliphatic rings. The third kappa shape index (κ3) is 4.08. The highest BCUT2D eigenvalue weighted by molar-refractivity contribution is 7.89. The lowest BCUT2D eigenvalue weighted by Crippen LogP contribution is -2.32. The summed E-state index contributed by atoms with van der Waals surface area (Å²) in [6.07, 6.45) is 3.80. The standard InChI is InChI=1S/C17H22N4O3S/c1-12-10-16(21(2)19-12)18-17(22)13-6-5-9-15(11-13)25(23,24)20-14-7-3-4-8-14/h5-6,9-11,14,20H,3-4,7-8H2,1-2H3,(H,18,22). The Bertz CT molecular complexity index is 883. The molecule has 2 N–H and O–H groups in total. The minimum atomic E-state index is -3.62. The topological polar surface area (TPSA) is 93.1 Å². The van der Waals surface area contributed by atoms with Gasteiger partial charge in [0.25, 0.3) is 5.91 Å². The number of carbonyl (C=O) groups excluding carboxylic acids is 1. The van der Waals surface area contributed by atoms with Gasteiger partial charge in [-0.3, -0.25) is 9.48 Å². The van der Waals surface area contributed by atoms with Crippen molar-refractivity contribution in [2.75, 3.05) is 5.32 Å². The monoisotopic (exact) mass is 362 g/mol. The predicted octanol–water partition coefficient (Wildman–Crippen LogP) is 2.20. The van der Waals surface area contributed by atoms with Gasteiger partial charge in [0.1, 0.15) is 5.82 Å². The number of hydrogen-bond donors (Lipinski definition) is 2. The predicted molar refractivity (Wildman–Crippen MR) is 94.9 cm³/mol. The number of aryl methyl sites for hydroxylation is 2. The van der Waals surface area contributed by atoms with Gasteiger partial charge in [0.05, 0.1) is 10.6 Å². The Morgan fingerprint density at radius 3 is 2.60 bits per heavy atom. The van der Waals surface area contributed by atoms with E-state index in [1.54, 1.807) is 29.9 Å². The zero-order valence-electron chi connectivity index (χ0n) is 14.3. The Hall–Kier alpha value is -2.19. The summed E-state index contributed by atoms with van der Waals surface area (Å²) in [5, 5.41) is 6.91. The third-order valence-electron chi connectivity index (χ3n) is 4.33. The molecule has 0 unspecified atom stereocenters. The van der Waals surface area contributed by atoms with Gasteiger partial charge in [0.15, 0.2) is 0 Å². The smallest absolute Gasteiger partial charge is 0.256 e. The van der Waals surface area contributed by atoms with E-state index < -0.39 is 10.0 Å². The fourth-order valence-corrected chi connectivity index (χ4v) is 4.40. The van der Waals surface area contributed by atoms with Crippen LogP contribution in [0.15, 0.2) is 35.2 Å². The van der Waals surface area contributed by atoms with Crippen LogP contribution in [0.3, 0.4) is 0 Å². The van der Waals surface area contributed by atoms with Crippen molar-refractivity contribution in [3.05, 3.63) is 41.6 Å². The summed E-state index contributed by atoms with van der Waals surface area (Å²) in [5.74, 6) is 0.181. The molecule has 1 fully saturated rings. The van der Waals surface area contributed by atoms with Gasteiger partial charge in [-0.15, -0.1) is 0 Å². The summed E-state index contributed by atoms with van der Waals surface area (Å²) in [6, 6.07) is 7.80. The number of benzene rings is 1. The highest BCUT2D eigenvalue weighted by Gasteiger charge is 2.23. The molecule has 134 valence electrons. The van der Waals surface area contributed by atoms with Crippen molar-refractivity contribution in [3.8, 4) is 0 Å². The molecule has 1 aliphatic carbocycles. The molecule has 0 radical (unpaired) electrons. The van der Waals surface area contributed by atoms with Gasteiger partial charge in [0.2, 0.25) is 10.0 Å². The SMILES string of the molecule is Cc1cc(NC(=O)c2cccc(S(=O)(=O)NC3CCCC3)c2)n(C)n1. The number of anilines is 1. The number of amides is 1. The highest BCUT2D eigenvalue weighted by Crippen LogP contribution is 2.21. The van der Waals surface area contributed by atoms with E-state index in [-0.39, 0.29) is 22.4 Å². The summed E-state index contributed by atoms with van der Waals surface area (Å²) in [7, 11) is -1.89. The maximum Gasteiger partial charge on any atom is 0.256 e. The molecule has 0 atom stereocenters. The molecule has 1 saturated carbocycles. The minimum absolute atomic E-state index is 0.0140. The van der Waals surface area contributed by atoms with Gasteiger partial charge in [-0.05, 0) is 38.0 Å². The van der Waals surface area contributed by atoms with Gasteiger partial charge in [-0.1, -0.05) is 18.9 Å². The average molecular weight is 362 g/mol. The average Bonchev–Trinajstić information content (AvgIpc) is 3.17. The molecule has 25 heavy (non-hydrogen) atoms. The van der Waals surface area contributed by atoms with Crippen LogP contribution in [-0.4, -0.2) is 30.1 Å². The molecule has 0 bridgehead atoms. The van der Waals surface area contributed by atoms with Gasteiger partial charge >= 0.3 is 0 Å². The van der Waals surface area contributed by atoms with E-state index in [1.807, 2.05) is 6.92 Å². The number of aromatic nitrogens is 2. The van der Waals surface area contributed by atoms with E-state index in [4.69, 9.17) is 0 Å². The Balaban J connectivity index is 1.78. The molecule has 3 rings (SSSR count). The highest BCUT2D eigenvalue weighted by atomic mass is 32.2. The number of nitrogens with zero attached hydrogens (tertiary/aromatic N) is 2. The Morgan fingerprint density at radius 1 is 1.24 bits per heavy atom. The fraction of sp³-hybridized carbons (Fsp3) is 0.412. The second kappa shape index (κ2) is 6.97. The van der Waals surface area contributed by atoms with Crippen molar-refractivity contribution in [2.24, 2.45) is 7.05 Å². The van der Waals surface area contributed by atoms with Crippen molar-refractivity contribution < 1.29 is 13.2 Å². The molecular weight excluding hydrogens is 340 g/mol. The van der Waals surface area contributed by atoms with Crippen LogP contribution in [0.5, 0.6) is 0 Å². The van der Waals surface area contributed by atoms with E-state index in [9.17, 15) is 13.2 Å². The molecule has 1 aromatic carbocycles. The number of rotatable bonds is 5. The van der Waals surface area contributed by atoms with Crippen LogP contribution in [0.25, 0.3) is 0 Å². The maximum atomic E-state index is 12.5. The lowest BCUT2D eigenvalue weighted by molar-refractivity contribution is 0.102. The summed E-state index contributed by atoms with van der Waals surface area (Å²) >= 11 is 0. The van der Waals surface area contributed by atoms with Crippen molar-refractivity contribution in [1.29, 1.82) is 0 Å². The molecule has 1 heterocycles. The first-order valence-electron chi connectivity index (χ1n) is 8.29. The molecule has 8 heteroatoms. The normalized spacial score (nSPS) is 15.4. The number of hydrogen-bond acceptors (Lipinski definition) is 4. The lowest BCUT2D eigenvalue weighted by atomic mass is 10.2. The van der Waals surface area contributed by atoms with Crippen molar-refractivity contribution in [1.82, 2.24) is 14.5 Å². The summed E-state index contributed by atoms with van der Waals surface area (Å²) in [6.45, 7) is 1.83. The fourth-order valence-electron chi connectivity index (χ4n) is 3.05. The second-order valence-corrected chi connectivity index (χ2v) is 8.09. The van der Waals surface area contributed by atoms with Gasteiger partial charge < -0.3 is 5.32 Å². The third-order valence-corrected chi connectivity index (χ3v) is 5.85. The van der Waals surface area contributed by atoms with E-state index in [2.05, 4.69) is 15.1 Å². The maximum absolute atomic E-state index is 12.5. The van der Waals surface area contributed by atoms with Crippen LogP contribution in [0.2, 0.25) is 0 Å². The summed E-state index contributed by atoms with van der Waals surface area (Å²) in [4.78, 5) is 12.5. The number of sulfonamides is 1. The molecule has 2 aromatic rings. The van der Waals surface area contributed by atoms with E-state index >= 15 is 0 Å². The second-order valence-electron chi connectivity index (χ2n) is 6.38. The minimum Gasteiger partial charge on any atom is -0.307 e. The van der Waals surface area contributed by atoms with Crippen LogP contribution in [-0.2, 0) is 17.1 Å². The Morgan fingerprint density at radius 2 is 1.96 bits per heavy atom. The van der Waals surface area contributed by atoms with E-state index in [1.165, 1.54) is 12.1 Å². The zero-order chi connectivity index (χ0) is 18.0. The van der Waals surface area contributed by atoms with Crippen molar-refractivity contribution in [2.45, 2.75) is 43.5 Å². The first-order valence-corrected chi connectivity index (χ1v) is 9.78. The lowest BCUT2D eigenvalue weighted by Gasteiger charge is -2.13. The Kier molecular flexibility index (Phi) is 4.91. The zero-order valence-corrected chi connectivity index (χ0v) is 15.1. The van der Waals surface area contributed by atoms with Gasteiger partial charge in [0, 0.05) is 24.7 Å². The van der Waals surface area contributed by atoms with Crippen LogP contribution in [0.4, 0.5) is 5.82 Å². The summed E-state index contributed by atoms with van der Waals surface area (Å²) < 4.78 is 29.3. The first-order chi connectivity index (χ1) is 11.8. The molecule has 0 spiro atoms. The largest absolute Gasteiger partial charge is 0.307 e. The molecule has 0 saturated heterocycles. The Labute approximate surface area is 147 Å².